The Morgan fingerprint density at radius 3 is 2.32 bits per heavy atom. The van der Waals surface area contributed by atoms with Gasteiger partial charge in [0, 0.05) is 18.8 Å². The van der Waals surface area contributed by atoms with E-state index in [-0.39, 0.29) is 36.2 Å². The van der Waals surface area contributed by atoms with Crippen molar-refractivity contribution in [3.8, 4) is 0 Å². The van der Waals surface area contributed by atoms with Gasteiger partial charge in [0.15, 0.2) is 0 Å². The molecule has 0 bridgehead atoms. The van der Waals surface area contributed by atoms with Crippen LogP contribution in [0.1, 0.15) is 97.8 Å². The summed E-state index contributed by atoms with van der Waals surface area (Å²) in [6, 6.07) is 0. The molecular weight excluding hydrogens is 392 g/mol. The third kappa shape index (κ3) is 4.06. The van der Waals surface area contributed by atoms with Crippen LogP contribution in [0.3, 0.4) is 0 Å². The minimum atomic E-state index is -0.863. The van der Waals surface area contributed by atoms with E-state index in [0.717, 1.165) is 37.5 Å². The third-order valence-corrected chi connectivity index (χ3v) is 10.2. The van der Waals surface area contributed by atoms with Crippen LogP contribution in [0.2, 0.25) is 0 Å². The first-order chi connectivity index (χ1) is 14.6. The molecule has 4 fully saturated rings. The SMILES string of the molecule is CC(=O)[C@H]1CCC2C3CC[C@@H]4C[C@H](OC(=O)CCCC(=O)O)CC[C@]4(C)C3CC[C@@]21C. The summed E-state index contributed by atoms with van der Waals surface area (Å²) in [6.07, 6.45) is 10.8. The minimum Gasteiger partial charge on any atom is -0.481 e. The van der Waals surface area contributed by atoms with Gasteiger partial charge in [-0.05, 0) is 106 Å². The van der Waals surface area contributed by atoms with Gasteiger partial charge in [-0.3, -0.25) is 14.4 Å². The predicted molar refractivity (Wildman–Crippen MR) is 117 cm³/mol. The Labute approximate surface area is 186 Å². The molecule has 0 radical (unpaired) electrons. The first-order valence-electron chi connectivity index (χ1n) is 12.6. The maximum atomic E-state index is 12.3. The van der Waals surface area contributed by atoms with E-state index in [1.807, 2.05) is 0 Å². The zero-order chi connectivity index (χ0) is 22.4. The predicted octanol–water partition coefficient (Wildman–Crippen LogP) is 5.40. The molecule has 0 aliphatic heterocycles. The fraction of sp³-hybridized carbons (Fsp3) is 0.885. The number of carbonyl (C=O) groups excluding carboxylic acids is 2. The quantitative estimate of drug-likeness (QED) is 0.568. The van der Waals surface area contributed by atoms with Gasteiger partial charge in [-0.15, -0.1) is 0 Å². The highest BCUT2D eigenvalue weighted by atomic mass is 16.5. The van der Waals surface area contributed by atoms with Crippen LogP contribution in [-0.2, 0) is 19.1 Å². The van der Waals surface area contributed by atoms with E-state index in [0.29, 0.717) is 29.5 Å². The summed E-state index contributed by atoms with van der Waals surface area (Å²) in [5.74, 6) is 2.35. The number of carbonyl (C=O) groups is 3. The number of ketones is 1. The van der Waals surface area contributed by atoms with E-state index in [1.165, 1.54) is 32.1 Å². The molecule has 5 nitrogen and oxygen atoms in total. The van der Waals surface area contributed by atoms with Crippen molar-refractivity contribution >= 4 is 17.7 Å². The monoisotopic (exact) mass is 432 g/mol. The Morgan fingerprint density at radius 2 is 1.61 bits per heavy atom. The van der Waals surface area contributed by atoms with Crippen LogP contribution in [0.4, 0.5) is 0 Å². The van der Waals surface area contributed by atoms with Crippen LogP contribution in [0.25, 0.3) is 0 Å². The molecule has 0 heterocycles. The van der Waals surface area contributed by atoms with E-state index < -0.39 is 5.97 Å². The van der Waals surface area contributed by atoms with Gasteiger partial charge in [0.1, 0.15) is 11.9 Å². The minimum absolute atomic E-state index is 0.00520. The van der Waals surface area contributed by atoms with E-state index in [9.17, 15) is 14.4 Å². The Kier molecular flexibility index (Phi) is 6.26. The summed E-state index contributed by atoms with van der Waals surface area (Å²) in [7, 11) is 0. The molecule has 5 heteroatoms. The summed E-state index contributed by atoms with van der Waals surface area (Å²) in [5, 5.41) is 8.75. The van der Waals surface area contributed by atoms with Gasteiger partial charge in [-0.25, -0.2) is 0 Å². The smallest absolute Gasteiger partial charge is 0.306 e. The fourth-order valence-corrected chi connectivity index (χ4v) is 8.62. The molecule has 0 spiro atoms. The van der Waals surface area contributed by atoms with Crippen LogP contribution in [0.5, 0.6) is 0 Å². The van der Waals surface area contributed by atoms with Gasteiger partial charge < -0.3 is 9.84 Å². The van der Waals surface area contributed by atoms with Crippen molar-refractivity contribution in [1.82, 2.24) is 0 Å². The number of Topliss-reactive ketones (excluding diaryl/α,β-unsaturated/α-hetero) is 1. The van der Waals surface area contributed by atoms with Crippen molar-refractivity contribution in [1.29, 1.82) is 0 Å². The number of aliphatic carboxylic acids is 1. The van der Waals surface area contributed by atoms with E-state index >= 15 is 0 Å². The van der Waals surface area contributed by atoms with Crippen molar-refractivity contribution in [3.05, 3.63) is 0 Å². The molecule has 0 aromatic heterocycles. The van der Waals surface area contributed by atoms with Crippen LogP contribution in [-0.4, -0.2) is 28.9 Å². The van der Waals surface area contributed by atoms with Gasteiger partial charge in [0.2, 0.25) is 0 Å². The van der Waals surface area contributed by atoms with Gasteiger partial charge >= 0.3 is 11.9 Å². The topological polar surface area (TPSA) is 80.7 Å². The van der Waals surface area contributed by atoms with Crippen molar-refractivity contribution in [2.75, 3.05) is 0 Å². The largest absolute Gasteiger partial charge is 0.481 e. The lowest BCUT2D eigenvalue weighted by Crippen LogP contribution is -2.54. The summed E-state index contributed by atoms with van der Waals surface area (Å²) >= 11 is 0. The second-order valence-electron chi connectivity index (χ2n) is 11.6. The molecule has 0 saturated heterocycles. The highest BCUT2D eigenvalue weighted by Crippen LogP contribution is 2.67. The molecule has 4 rings (SSSR count). The third-order valence-electron chi connectivity index (χ3n) is 10.2. The molecule has 174 valence electrons. The Balaban J connectivity index is 1.38. The molecule has 1 N–H and O–H groups in total. The van der Waals surface area contributed by atoms with Gasteiger partial charge in [-0.1, -0.05) is 13.8 Å². The Bertz CT molecular complexity index is 731. The van der Waals surface area contributed by atoms with E-state index in [2.05, 4.69) is 13.8 Å². The van der Waals surface area contributed by atoms with Crippen LogP contribution in [0, 0.1) is 40.4 Å². The lowest BCUT2D eigenvalue weighted by Gasteiger charge is -2.61. The molecule has 31 heavy (non-hydrogen) atoms. The molecule has 4 aliphatic carbocycles. The van der Waals surface area contributed by atoms with Crippen molar-refractivity contribution in [3.63, 3.8) is 0 Å². The first-order valence-corrected chi connectivity index (χ1v) is 12.6. The van der Waals surface area contributed by atoms with Crippen LogP contribution in [0.15, 0.2) is 0 Å². The van der Waals surface area contributed by atoms with Gasteiger partial charge in [0.05, 0.1) is 0 Å². The number of carboxylic acids is 1. The summed E-state index contributed by atoms with van der Waals surface area (Å²) in [4.78, 5) is 35.1. The van der Waals surface area contributed by atoms with Crippen molar-refractivity contribution < 1.29 is 24.2 Å². The van der Waals surface area contributed by atoms with Crippen LogP contribution >= 0.6 is 0 Å². The summed E-state index contributed by atoms with van der Waals surface area (Å²) in [6.45, 7) is 6.70. The molecule has 8 atom stereocenters. The fourth-order valence-electron chi connectivity index (χ4n) is 8.62. The number of hydrogen-bond acceptors (Lipinski definition) is 4. The average Bonchev–Trinajstić information content (AvgIpc) is 3.05. The normalized spacial score (nSPS) is 44.0. The molecule has 0 aromatic carbocycles. The second-order valence-corrected chi connectivity index (χ2v) is 11.6. The lowest BCUT2D eigenvalue weighted by molar-refractivity contribution is -0.163. The second kappa shape index (κ2) is 8.51. The number of hydrogen-bond donors (Lipinski definition) is 1. The summed E-state index contributed by atoms with van der Waals surface area (Å²) in [5.41, 5.74) is 0.531. The highest BCUT2D eigenvalue weighted by molar-refractivity contribution is 5.79. The van der Waals surface area contributed by atoms with E-state index in [1.54, 1.807) is 6.92 Å². The number of rotatable bonds is 6. The molecular formula is C26H40O5. The number of ether oxygens (including phenoxy) is 1. The molecule has 4 saturated carbocycles. The molecule has 0 amide bonds. The number of fused-ring (bicyclic) bond motifs is 5. The maximum absolute atomic E-state index is 12.3. The Morgan fingerprint density at radius 1 is 0.903 bits per heavy atom. The van der Waals surface area contributed by atoms with Crippen LogP contribution < -0.4 is 0 Å². The number of carboxylic acid groups (broad SMARTS) is 1. The van der Waals surface area contributed by atoms with Gasteiger partial charge in [0.25, 0.3) is 0 Å². The first kappa shape index (κ1) is 22.8. The average molecular weight is 433 g/mol. The lowest BCUT2D eigenvalue weighted by atomic mass is 9.44. The summed E-state index contributed by atoms with van der Waals surface area (Å²) < 4.78 is 5.76. The zero-order valence-electron chi connectivity index (χ0n) is 19.5. The highest BCUT2D eigenvalue weighted by Gasteiger charge is 2.60. The Hall–Kier alpha value is -1.39. The standard InChI is InChI=1S/C26H40O5/c1-16(27)20-9-10-21-19-8-7-17-15-18(31-24(30)6-4-5-23(28)29)11-13-25(17,2)22(19)12-14-26(20,21)3/h17-22H,4-15H2,1-3H3,(H,28,29)/t17-,18-,19?,20-,21?,22?,25+,26-/m1/s1. The molecule has 4 aliphatic rings. The van der Waals surface area contributed by atoms with E-state index in [4.69, 9.17) is 9.84 Å². The zero-order valence-corrected chi connectivity index (χ0v) is 19.5. The van der Waals surface area contributed by atoms with Crippen molar-refractivity contribution in [2.24, 2.45) is 40.4 Å². The molecule has 3 unspecified atom stereocenters. The molecule has 0 aromatic rings. The maximum Gasteiger partial charge on any atom is 0.306 e. The van der Waals surface area contributed by atoms with Crippen molar-refractivity contribution in [2.45, 2.75) is 104 Å². The number of esters is 1. The van der Waals surface area contributed by atoms with Gasteiger partial charge in [-0.2, -0.15) is 0 Å².